The Labute approximate surface area is 130 Å². The average Bonchev–Trinajstić information content (AvgIpc) is 3.32. The first-order valence-electron chi connectivity index (χ1n) is 7.27. The van der Waals surface area contributed by atoms with E-state index >= 15 is 0 Å². The summed E-state index contributed by atoms with van der Waals surface area (Å²) < 4.78 is 5.33. The second-order valence-corrected chi connectivity index (χ2v) is 6.05. The van der Waals surface area contributed by atoms with Crippen molar-refractivity contribution in [1.29, 1.82) is 0 Å². The van der Waals surface area contributed by atoms with Gasteiger partial charge in [-0.05, 0) is 53.6 Å². The van der Waals surface area contributed by atoms with Crippen LogP contribution in [0.4, 0.5) is 0 Å². The topological polar surface area (TPSA) is 29.5 Å². The smallest absolute Gasteiger partial charge is 0.122 e. The van der Waals surface area contributed by atoms with Gasteiger partial charge in [-0.25, -0.2) is 0 Å². The van der Waals surface area contributed by atoms with Gasteiger partial charge in [0.25, 0.3) is 0 Å². The van der Waals surface area contributed by atoms with E-state index in [1.807, 2.05) is 24.3 Å². The third-order valence-corrected chi connectivity index (χ3v) is 4.26. The highest BCUT2D eigenvalue weighted by atomic mass is 35.5. The fourth-order valence-corrected chi connectivity index (χ4v) is 2.83. The van der Waals surface area contributed by atoms with Crippen molar-refractivity contribution in [3.05, 3.63) is 64.2 Å². The Bertz CT molecular complexity index is 618. The third kappa shape index (κ3) is 3.39. The quantitative estimate of drug-likeness (QED) is 0.881. The van der Waals surface area contributed by atoms with Gasteiger partial charge in [-0.15, -0.1) is 0 Å². The molecule has 2 aromatic carbocycles. The number of aliphatic hydroxyl groups is 1. The van der Waals surface area contributed by atoms with E-state index in [-0.39, 0.29) is 0 Å². The van der Waals surface area contributed by atoms with Gasteiger partial charge in [-0.1, -0.05) is 35.9 Å². The van der Waals surface area contributed by atoms with E-state index < -0.39 is 6.10 Å². The van der Waals surface area contributed by atoms with Crippen LogP contribution in [0.2, 0.25) is 5.02 Å². The number of halogens is 1. The molecule has 0 saturated heterocycles. The molecule has 1 aliphatic rings. The molecule has 3 rings (SSSR count). The minimum absolute atomic E-state index is 0.493. The lowest BCUT2D eigenvalue weighted by molar-refractivity contribution is 0.177. The highest BCUT2D eigenvalue weighted by Gasteiger charge is 2.23. The average molecular weight is 303 g/mol. The molecule has 21 heavy (non-hydrogen) atoms. The van der Waals surface area contributed by atoms with Crippen LogP contribution in [0, 0.1) is 0 Å². The normalized spacial score (nSPS) is 15.8. The second kappa shape index (κ2) is 6.08. The highest BCUT2D eigenvalue weighted by Crippen LogP contribution is 2.40. The molecule has 0 aromatic heterocycles. The Kier molecular flexibility index (Phi) is 4.18. The molecule has 1 aliphatic carbocycles. The Balaban J connectivity index is 1.75. The van der Waals surface area contributed by atoms with Gasteiger partial charge >= 0.3 is 0 Å². The lowest BCUT2D eigenvalue weighted by atomic mass is 9.99. The third-order valence-electron chi connectivity index (χ3n) is 4.03. The monoisotopic (exact) mass is 302 g/mol. The van der Waals surface area contributed by atoms with Crippen LogP contribution in [0.1, 0.15) is 41.6 Å². The van der Waals surface area contributed by atoms with Gasteiger partial charge in [0.15, 0.2) is 0 Å². The maximum Gasteiger partial charge on any atom is 0.122 e. The van der Waals surface area contributed by atoms with E-state index in [1.54, 1.807) is 13.2 Å². The van der Waals surface area contributed by atoms with Crippen LogP contribution in [0.5, 0.6) is 5.75 Å². The van der Waals surface area contributed by atoms with Crippen molar-refractivity contribution in [3.63, 3.8) is 0 Å². The Hall–Kier alpha value is -1.51. The minimum Gasteiger partial charge on any atom is -0.496 e. The molecular weight excluding hydrogens is 284 g/mol. The zero-order valence-electron chi connectivity index (χ0n) is 12.1. The van der Waals surface area contributed by atoms with Crippen LogP contribution >= 0.6 is 11.6 Å². The Morgan fingerprint density at radius 3 is 2.52 bits per heavy atom. The van der Waals surface area contributed by atoms with Gasteiger partial charge < -0.3 is 9.84 Å². The van der Waals surface area contributed by atoms with Gasteiger partial charge in [0.2, 0.25) is 0 Å². The van der Waals surface area contributed by atoms with Crippen LogP contribution in [0.3, 0.4) is 0 Å². The molecular formula is C18H19ClO2. The molecule has 3 heteroatoms. The summed E-state index contributed by atoms with van der Waals surface area (Å²) in [6.45, 7) is 0. The van der Waals surface area contributed by atoms with E-state index in [1.165, 1.54) is 18.4 Å². The molecule has 2 nitrogen and oxygen atoms in total. The van der Waals surface area contributed by atoms with Crippen LogP contribution in [0.15, 0.2) is 42.5 Å². The molecule has 1 unspecified atom stereocenters. The number of rotatable bonds is 5. The summed E-state index contributed by atoms with van der Waals surface area (Å²) in [5, 5.41) is 11.1. The van der Waals surface area contributed by atoms with Gasteiger partial charge in [0.05, 0.1) is 13.2 Å². The van der Waals surface area contributed by atoms with Gasteiger partial charge in [0.1, 0.15) is 5.75 Å². The summed E-state index contributed by atoms with van der Waals surface area (Å²) in [6, 6.07) is 13.8. The standard InChI is InChI=1S/C18H19ClO2/c1-21-18-9-8-16(19)10-15(18)11-17(20)14-6-4-13(5-7-14)12-2-3-12/h4-10,12,17,20H,2-3,11H2,1H3. The van der Waals surface area contributed by atoms with Crippen molar-refractivity contribution in [2.45, 2.75) is 31.3 Å². The lowest BCUT2D eigenvalue weighted by Crippen LogP contribution is -2.03. The van der Waals surface area contributed by atoms with Crippen molar-refractivity contribution in [1.82, 2.24) is 0 Å². The summed E-state index contributed by atoms with van der Waals surface area (Å²) in [4.78, 5) is 0. The predicted octanol–water partition coefficient (Wildman–Crippen LogP) is 4.50. The summed E-state index contributed by atoms with van der Waals surface area (Å²) in [7, 11) is 1.63. The lowest BCUT2D eigenvalue weighted by Gasteiger charge is -2.14. The van der Waals surface area contributed by atoms with Gasteiger partial charge in [-0.3, -0.25) is 0 Å². The fourth-order valence-electron chi connectivity index (χ4n) is 2.64. The summed E-state index contributed by atoms with van der Waals surface area (Å²) in [5.41, 5.74) is 3.23. The number of aliphatic hydroxyl groups excluding tert-OH is 1. The number of hydrogen-bond acceptors (Lipinski definition) is 2. The number of methoxy groups -OCH3 is 1. The molecule has 0 amide bonds. The Morgan fingerprint density at radius 1 is 1.19 bits per heavy atom. The van der Waals surface area contributed by atoms with Crippen molar-refractivity contribution in [3.8, 4) is 5.75 Å². The molecule has 1 fully saturated rings. The van der Waals surface area contributed by atoms with E-state index in [9.17, 15) is 5.11 Å². The first-order chi connectivity index (χ1) is 10.2. The molecule has 1 saturated carbocycles. The van der Waals surface area contributed by atoms with Crippen molar-refractivity contribution >= 4 is 11.6 Å². The molecule has 0 heterocycles. The number of benzene rings is 2. The first kappa shape index (κ1) is 14.4. The maximum absolute atomic E-state index is 10.4. The summed E-state index contributed by atoms with van der Waals surface area (Å²) in [5.74, 6) is 1.50. The van der Waals surface area contributed by atoms with E-state index in [4.69, 9.17) is 16.3 Å². The van der Waals surface area contributed by atoms with E-state index in [0.29, 0.717) is 11.4 Å². The Morgan fingerprint density at radius 2 is 1.90 bits per heavy atom. The first-order valence-corrected chi connectivity index (χ1v) is 7.65. The highest BCUT2D eigenvalue weighted by molar-refractivity contribution is 6.30. The van der Waals surface area contributed by atoms with Crippen molar-refractivity contribution in [2.75, 3.05) is 7.11 Å². The fraction of sp³-hybridized carbons (Fsp3) is 0.333. The zero-order chi connectivity index (χ0) is 14.8. The van der Waals surface area contributed by atoms with Gasteiger partial charge in [-0.2, -0.15) is 0 Å². The van der Waals surface area contributed by atoms with Crippen LogP contribution in [0.25, 0.3) is 0 Å². The molecule has 1 N–H and O–H groups in total. The van der Waals surface area contributed by atoms with Crippen LogP contribution in [-0.4, -0.2) is 12.2 Å². The zero-order valence-corrected chi connectivity index (χ0v) is 12.8. The number of ether oxygens (including phenoxy) is 1. The van der Waals surface area contributed by atoms with E-state index in [0.717, 1.165) is 22.8 Å². The minimum atomic E-state index is -0.550. The number of hydrogen-bond donors (Lipinski definition) is 1. The molecule has 1 atom stereocenters. The summed E-state index contributed by atoms with van der Waals surface area (Å²) in [6.07, 6.45) is 2.53. The van der Waals surface area contributed by atoms with Crippen LogP contribution in [-0.2, 0) is 6.42 Å². The second-order valence-electron chi connectivity index (χ2n) is 5.62. The SMILES string of the molecule is COc1ccc(Cl)cc1CC(O)c1ccc(C2CC2)cc1. The van der Waals surface area contributed by atoms with Crippen molar-refractivity contribution < 1.29 is 9.84 Å². The summed E-state index contributed by atoms with van der Waals surface area (Å²) >= 11 is 6.03. The molecule has 0 radical (unpaired) electrons. The molecule has 0 spiro atoms. The van der Waals surface area contributed by atoms with Crippen molar-refractivity contribution in [2.24, 2.45) is 0 Å². The molecule has 0 aliphatic heterocycles. The van der Waals surface area contributed by atoms with Crippen LogP contribution < -0.4 is 4.74 Å². The van der Waals surface area contributed by atoms with Gasteiger partial charge in [0, 0.05) is 11.4 Å². The largest absolute Gasteiger partial charge is 0.496 e. The van der Waals surface area contributed by atoms with E-state index in [2.05, 4.69) is 12.1 Å². The maximum atomic E-state index is 10.4. The molecule has 110 valence electrons. The molecule has 0 bridgehead atoms. The predicted molar refractivity (Wildman–Crippen MR) is 85.1 cm³/mol. The molecule has 2 aromatic rings.